The maximum atomic E-state index is 12.5. The molecule has 37 heavy (non-hydrogen) atoms. The molecule has 1 aliphatic rings. The first-order valence-corrected chi connectivity index (χ1v) is 13.2. The predicted molar refractivity (Wildman–Crippen MR) is 153 cm³/mol. The Morgan fingerprint density at radius 2 is 1.68 bits per heavy atom. The lowest BCUT2D eigenvalue weighted by Crippen LogP contribution is -2.48. The largest absolute Gasteiger partial charge is 0.490 e. The van der Waals surface area contributed by atoms with E-state index >= 15 is 0 Å². The molecule has 1 N–H and O–H groups in total. The second-order valence-electron chi connectivity index (χ2n) is 9.23. The molecular weight excluding hydrogens is 482 g/mol. The Bertz CT molecular complexity index is 1220. The van der Waals surface area contributed by atoms with Crippen LogP contribution in [0.25, 0.3) is 0 Å². The lowest BCUT2D eigenvalue weighted by atomic mass is 10.1. The second-order valence-corrected chi connectivity index (χ2v) is 9.62. The first-order chi connectivity index (χ1) is 17.9. The number of benzene rings is 3. The first-order valence-electron chi connectivity index (χ1n) is 12.8. The van der Waals surface area contributed by atoms with Gasteiger partial charge in [-0.15, -0.1) is 0 Å². The maximum absolute atomic E-state index is 12.5. The zero-order valence-electron chi connectivity index (χ0n) is 21.8. The number of nitrogens with zero attached hydrogens (tertiary/aromatic N) is 2. The number of thiocarbonyl (C=S) groups is 1. The third-order valence-electron chi connectivity index (χ3n) is 6.64. The summed E-state index contributed by atoms with van der Waals surface area (Å²) < 4.78 is 11.7. The van der Waals surface area contributed by atoms with E-state index in [9.17, 15) is 4.79 Å². The SMILES string of the molecule is CCOc1cc(C(=S)N2CCN(Cc3ccccc3)CC2)ccc1OCC(=O)Nc1cccc(C)c1C. The van der Waals surface area contributed by atoms with Crippen LogP contribution in [-0.4, -0.2) is 60.1 Å². The summed E-state index contributed by atoms with van der Waals surface area (Å²) in [6.07, 6.45) is 0. The number of aryl methyl sites for hydroxylation is 1. The van der Waals surface area contributed by atoms with Crippen molar-refractivity contribution in [2.45, 2.75) is 27.3 Å². The lowest BCUT2D eigenvalue weighted by Gasteiger charge is -2.36. The van der Waals surface area contributed by atoms with Crippen molar-refractivity contribution in [1.82, 2.24) is 9.80 Å². The summed E-state index contributed by atoms with van der Waals surface area (Å²) >= 11 is 5.84. The summed E-state index contributed by atoms with van der Waals surface area (Å²) in [5.74, 6) is 0.894. The number of amides is 1. The molecule has 7 heteroatoms. The first kappa shape index (κ1) is 26.6. The topological polar surface area (TPSA) is 54.0 Å². The highest BCUT2D eigenvalue weighted by molar-refractivity contribution is 7.80. The minimum absolute atomic E-state index is 0.110. The molecule has 0 spiro atoms. The number of carbonyl (C=O) groups excluding carboxylic acids is 1. The number of nitrogens with one attached hydrogen (secondary N) is 1. The molecule has 0 radical (unpaired) electrons. The summed E-state index contributed by atoms with van der Waals surface area (Å²) in [7, 11) is 0. The van der Waals surface area contributed by atoms with E-state index < -0.39 is 0 Å². The van der Waals surface area contributed by atoms with Crippen LogP contribution in [0.2, 0.25) is 0 Å². The summed E-state index contributed by atoms with van der Waals surface area (Å²) in [5, 5.41) is 2.93. The van der Waals surface area contributed by atoms with E-state index in [-0.39, 0.29) is 12.5 Å². The Hall–Kier alpha value is -3.42. The number of rotatable bonds is 9. The molecule has 0 atom stereocenters. The van der Waals surface area contributed by atoms with Crippen molar-refractivity contribution in [3.63, 3.8) is 0 Å². The summed E-state index contributed by atoms with van der Waals surface area (Å²) in [4.78, 5) is 18.0. The quantitative estimate of drug-likeness (QED) is 0.393. The fourth-order valence-corrected chi connectivity index (χ4v) is 4.69. The Morgan fingerprint density at radius 1 is 0.919 bits per heavy atom. The summed E-state index contributed by atoms with van der Waals surface area (Å²) in [5.41, 5.74) is 5.22. The standard InChI is InChI=1S/C30H35N3O3S/c1-4-35-28-19-25(30(37)33-17-15-32(16-18-33)20-24-10-6-5-7-11-24)13-14-27(28)36-21-29(34)31-26-12-8-9-22(2)23(26)3/h5-14,19H,4,15-18,20-21H2,1-3H3,(H,31,34). The van der Waals surface area contributed by atoms with Crippen molar-refractivity contribution in [2.75, 3.05) is 44.7 Å². The van der Waals surface area contributed by atoms with Gasteiger partial charge in [0.05, 0.1) is 6.61 Å². The van der Waals surface area contributed by atoms with Crippen molar-refractivity contribution >= 4 is 28.8 Å². The van der Waals surface area contributed by atoms with Gasteiger partial charge in [0.25, 0.3) is 5.91 Å². The highest BCUT2D eigenvalue weighted by atomic mass is 32.1. The van der Waals surface area contributed by atoms with Crippen LogP contribution < -0.4 is 14.8 Å². The number of hydrogen-bond acceptors (Lipinski definition) is 5. The van der Waals surface area contributed by atoms with E-state index in [1.165, 1.54) is 5.56 Å². The average molecular weight is 518 g/mol. The van der Waals surface area contributed by atoms with Gasteiger partial charge < -0.3 is 19.7 Å². The Kier molecular flexibility index (Phi) is 9.14. The van der Waals surface area contributed by atoms with E-state index in [0.717, 1.165) is 60.1 Å². The molecule has 1 saturated heterocycles. The molecule has 0 aromatic heterocycles. The van der Waals surface area contributed by atoms with Crippen LogP contribution in [0.1, 0.15) is 29.2 Å². The third kappa shape index (κ3) is 7.08. The lowest BCUT2D eigenvalue weighted by molar-refractivity contribution is -0.118. The minimum Gasteiger partial charge on any atom is -0.490 e. The predicted octanol–water partition coefficient (Wildman–Crippen LogP) is 5.21. The van der Waals surface area contributed by atoms with Gasteiger partial charge in [-0.1, -0.05) is 54.7 Å². The van der Waals surface area contributed by atoms with Crippen molar-refractivity contribution < 1.29 is 14.3 Å². The Labute approximate surface area is 225 Å². The zero-order valence-corrected chi connectivity index (χ0v) is 22.6. The molecule has 3 aromatic rings. The maximum Gasteiger partial charge on any atom is 0.262 e. The fourth-order valence-electron chi connectivity index (χ4n) is 4.38. The fraction of sp³-hybridized carbons (Fsp3) is 0.333. The number of hydrogen-bond donors (Lipinski definition) is 1. The van der Waals surface area contributed by atoms with Crippen LogP contribution in [0.4, 0.5) is 5.69 Å². The van der Waals surface area contributed by atoms with Gasteiger partial charge in [0.2, 0.25) is 0 Å². The number of piperazine rings is 1. The summed E-state index contributed by atoms with van der Waals surface area (Å²) in [6.45, 7) is 11.0. The van der Waals surface area contributed by atoms with Gasteiger partial charge in [0.15, 0.2) is 18.1 Å². The van der Waals surface area contributed by atoms with Crippen molar-refractivity contribution in [2.24, 2.45) is 0 Å². The van der Waals surface area contributed by atoms with Crippen LogP contribution in [-0.2, 0) is 11.3 Å². The Morgan fingerprint density at radius 3 is 2.41 bits per heavy atom. The molecule has 1 aliphatic heterocycles. The molecule has 0 aliphatic carbocycles. The van der Waals surface area contributed by atoms with E-state index in [1.807, 2.05) is 63.2 Å². The van der Waals surface area contributed by atoms with Gasteiger partial charge in [-0.3, -0.25) is 9.69 Å². The second kappa shape index (κ2) is 12.7. The highest BCUT2D eigenvalue weighted by Crippen LogP contribution is 2.30. The molecule has 6 nitrogen and oxygen atoms in total. The van der Waals surface area contributed by atoms with E-state index in [0.29, 0.717) is 18.1 Å². The zero-order chi connectivity index (χ0) is 26.2. The van der Waals surface area contributed by atoms with Crippen LogP contribution in [0.3, 0.4) is 0 Å². The molecule has 0 unspecified atom stereocenters. The molecule has 4 rings (SSSR count). The summed E-state index contributed by atoms with van der Waals surface area (Å²) in [6, 6.07) is 22.1. The van der Waals surface area contributed by atoms with Gasteiger partial charge in [-0.25, -0.2) is 0 Å². The van der Waals surface area contributed by atoms with Crippen LogP contribution in [0.15, 0.2) is 66.7 Å². The van der Waals surface area contributed by atoms with Gasteiger partial charge in [0.1, 0.15) is 4.99 Å². The van der Waals surface area contributed by atoms with Crippen molar-refractivity contribution in [3.05, 3.63) is 89.0 Å². The van der Waals surface area contributed by atoms with Gasteiger partial charge >= 0.3 is 0 Å². The van der Waals surface area contributed by atoms with Crippen LogP contribution in [0, 0.1) is 13.8 Å². The monoisotopic (exact) mass is 517 g/mol. The minimum atomic E-state index is -0.218. The molecule has 1 amide bonds. The highest BCUT2D eigenvalue weighted by Gasteiger charge is 2.21. The number of ether oxygens (including phenoxy) is 2. The Balaban J connectivity index is 1.34. The normalized spacial score (nSPS) is 13.8. The molecule has 3 aromatic carbocycles. The van der Waals surface area contributed by atoms with Crippen LogP contribution in [0.5, 0.6) is 11.5 Å². The van der Waals surface area contributed by atoms with Crippen molar-refractivity contribution in [3.8, 4) is 11.5 Å². The number of anilines is 1. The van der Waals surface area contributed by atoms with E-state index in [1.54, 1.807) is 0 Å². The smallest absolute Gasteiger partial charge is 0.262 e. The van der Waals surface area contributed by atoms with Crippen LogP contribution >= 0.6 is 12.2 Å². The van der Waals surface area contributed by atoms with Crippen molar-refractivity contribution in [1.29, 1.82) is 0 Å². The molecule has 0 bridgehead atoms. The van der Waals surface area contributed by atoms with E-state index in [2.05, 4.69) is 39.4 Å². The molecule has 194 valence electrons. The molecular formula is C30H35N3O3S. The average Bonchev–Trinajstić information content (AvgIpc) is 2.91. The third-order valence-corrected chi connectivity index (χ3v) is 7.13. The van der Waals surface area contributed by atoms with E-state index in [4.69, 9.17) is 21.7 Å². The van der Waals surface area contributed by atoms with Gasteiger partial charge in [-0.2, -0.15) is 0 Å². The molecule has 0 saturated carbocycles. The molecule has 1 fully saturated rings. The van der Waals surface area contributed by atoms with Gasteiger partial charge in [-0.05, 0) is 61.7 Å². The van der Waals surface area contributed by atoms with Gasteiger partial charge in [0, 0.05) is 44.0 Å². The molecule has 1 heterocycles. The number of carbonyl (C=O) groups is 1.